The Balaban J connectivity index is 4.76. The number of rotatable bonds is 14. The molecule has 0 aromatic rings. The van der Waals surface area contributed by atoms with E-state index in [1.54, 1.807) is 20.1 Å². The first-order valence-electron chi connectivity index (χ1n) is 10.1. The predicted octanol–water partition coefficient (Wildman–Crippen LogP) is 1.84. The Bertz CT molecular complexity index is 637. The van der Waals surface area contributed by atoms with Crippen LogP contribution in [0.3, 0.4) is 0 Å². The molecule has 3 amide bonds. The third-order valence-corrected chi connectivity index (χ3v) is 4.01. The van der Waals surface area contributed by atoms with Crippen molar-refractivity contribution >= 4 is 17.7 Å². The number of ether oxygens (including phenoxy) is 2. The average molecular weight is 424 g/mol. The molecule has 2 atom stereocenters. The van der Waals surface area contributed by atoms with Crippen LogP contribution in [0, 0.1) is 5.92 Å². The monoisotopic (exact) mass is 423 g/mol. The zero-order valence-electron chi connectivity index (χ0n) is 19.0. The maximum Gasteiger partial charge on any atom is 0.246 e. The van der Waals surface area contributed by atoms with E-state index < -0.39 is 18.0 Å². The van der Waals surface area contributed by atoms with Gasteiger partial charge in [0.05, 0.1) is 19.8 Å². The molecule has 2 unspecified atom stereocenters. The molecule has 0 heterocycles. The summed E-state index contributed by atoms with van der Waals surface area (Å²) in [6.07, 6.45) is 5.25. The number of nitrogens with one attached hydrogen (secondary N) is 3. The number of amides is 3. The maximum absolute atomic E-state index is 12.6. The molecule has 170 valence electrons. The van der Waals surface area contributed by atoms with E-state index in [4.69, 9.17) is 9.47 Å². The van der Waals surface area contributed by atoms with Crippen LogP contribution in [0.5, 0.6) is 0 Å². The van der Waals surface area contributed by atoms with E-state index >= 15 is 0 Å². The van der Waals surface area contributed by atoms with Crippen molar-refractivity contribution in [2.75, 3.05) is 26.9 Å². The first-order chi connectivity index (χ1) is 14.1. The van der Waals surface area contributed by atoms with Gasteiger partial charge in [-0.15, -0.1) is 0 Å². The molecule has 0 fully saturated rings. The Labute approximate surface area is 180 Å². The Hall–Kier alpha value is -2.45. The topological polar surface area (TPSA) is 106 Å². The summed E-state index contributed by atoms with van der Waals surface area (Å²) < 4.78 is 10.1. The molecular weight excluding hydrogens is 386 g/mol. The largest absolute Gasteiger partial charge is 0.382 e. The van der Waals surface area contributed by atoms with Crippen molar-refractivity contribution in [2.45, 2.75) is 53.1 Å². The van der Waals surface area contributed by atoms with Crippen LogP contribution in [0.4, 0.5) is 0 Å². The van der Waals surface area contributed by atoms with Crippen LogP contribution >= 0.6 is 0 Å². The van der Waals surface area contributed by atoms with Gasteiger partial charge in [0, 0.05) is 19.2 Å². The Morgan fingerprint density at radius 1 is 0.967 bits per heavy atom. The molecule has 0 spiro atoms. The van der Waals surface area contributed by atoms with E-state index in [0.29, 0.717) is 18.9 Å². The fourth-order valence-electron chi connectivity index (χ4n) is 2.23. The van der Waals surface area contributed by atoms with Gasteiger partial charge in [0.25, 0.3) is 0 Å². The lowest BCUT2D eigenvalue weighted by molar-refractivity contribution is -0.132. The van der Waals surface area contributed by atoms with Gasteiger partial charge in [0.2, 0.25) is 17.7 Å². The molecule has 0 aromatic heterocycles. The minimum absolute atomic E-state index is 0.133. The normalized spacial score (nSPS) is 13.2. The third kappa shape index (κ3) is 12.2. The van der Waals surface area contributed by atoms with Gasteiger partial charge in [-0.3, -0.25) is 14.4 Å². The summed E-state index contributed by atoms with van der Waals surface area (Å²) in [6.45, 7) is 13.9. The van der Waals surface area contributed by atoms with Gasteiger partial charge in [0.1, 0.15) is 12.1 Å². The number of methoxy groups -OCH3 is 1. The second kappa shape index (κ2) is 15.4. The number of allylic oxidation sites excluding steroid dienone is 4. The van der Waals surface area contributed by atoms with Gasteiger partial charge in [-0.05, 0) is 38.8 Å². The van der Waals surface area contributed by atoms with Gasteiger partial charge in [-0.25, -0.2) is 0 Å². The molecule has 0 radical (unpaired) electrons. The van der Waals surface area contributed by atoms with Crippen molar-refractivity contribution in [3.05, 3.63) is 36.1 Å². The van der Waals surface area contributed by atoms with Crippen molar-refractivity contribution in [1.29, 1.82) is 0 Å². The fraction of sp³-hybridized carbons (Fsp3) is 0.591. The second-order valence-electron chi connectivity index (χ2n) is 7.43. The highest BCUT2D eigenvalue weighted by Crippen LogP contribution is 2.04. The molecule has 8 heteroatoms. The summed E-state index contributed by atoms with van der Waals surface area (Å²) in [5.41, 5.74) is 1.61. The van der Waals surface area contributed by atoms with Gasteiger partial charge < -0.3 is 25.4 Å². The summed E-state index contributed by atoms with van der Waals surface area (Å²) in [5.74, 6) is -1.25. The van der Waals surface area contributed by atoms with Crippen molar-refractivity contribution in [3.63, 3.8) is 0 Å². The molecule has 30 heavy (non-hydrogen) atoms. The van der Waals surface area contributed by atoms with Crippen LogP contribution in [0.25, 0.3) is 0 Å². The molecule has 0 aliphatic heterocycles. The highest BCUT2D eigenvalue weighted by Gasteiger charge is 2.26. The zero-order valence-corrected chi connectivity index (χ0v) is 19.0. The first-order valence-corrected chi connectivity index (χ1v) is 10.1. The average Bonchev–Trinajstić information content (AvgIpc) is 2.68. The van der Waals surface area contributed by atoms with Crippen molar-refractivity contribution in [1.82, 2.24) is 16.0 Å². The van der Waals surface area contributed by atoms with Crippen LogP contribution < -0.4 is 16.0 Å². The van der Waals surface area contributed by atoms with E-state index in [2.05, 4.69) is 22.5 Å². The molecule has 0 saturated carbocycles. The van der Waals surface area contributed by atoms with Crippen LogP contribution in [0.2, 0.25) is 0 Å². The highest BCUT2D eigenvalue weighted by atomic mass is 16.5. The van der Waals surface area contributed by atoms with Crippen LogP contribution in [0.15, 0.2) is 36.1 Å². The molecule has 0 aliphatic carbocycles. The maximum atomic E-state index is 12.6. The molecular formula is C22H37N3O5. The SMILES string of the molecule is C=C/C(=C\C=C(C)C)NC(=O)C(C)NC(=O)C(NC(=O)CCOCCOC)C(C)C. The fourth-order valence-corrected chi connectivity index (χ4v) is 2.23. The third-order valence-electron chi connectivity index (χ3n) is 4.01. The van der Waals surface area contributed by atoms with Gasteiger partial charge in [0.15, 0.2) is 0 Å². The lowest BCUT2D eigenvalue weighted by Crippen LogP contribution is -2.54. The van der Waals surface area contributed by atoms with E-state index in [-0.39, 0.29) is 30.8 Å². The number of hydrogen-bond donors (Lipinski definition) is 3. The molecule has 0 bridgehead atoms. The van der Waals surface area contributed by atoms with E-state index in [1.165, 1.54) is 6.08 Å². The minimum atomic E-state index is -0.789. The van der Waals surface area contributed by atoms with Crippen LogP contribution in [0.1, 0.15) is 41.0 Å². The minimum Gasteiger partial charge on any atom is -0.382 e. The van der Waals surface area contributed by atoms with Crippen molar-refractivity contribution < 1.29 is 23.9 Å². The Morgan fingerprint density at radius 3 is 2.17 bits per heavy atom. The van der Waals surface area contributed by atoms with E-state index in [0.717, 1.165) is 5.57 Å². The summed E-state index contributed by atoms with van der Waals surface area (Å²) in [7, 11) is 1.57. The van der Waals surface area contributed by atoms with Crippen molar-refractivity contribution in [3.8, 4) is 0 Å². The van der Waals surface area contributed by atoms with E-state index in [9.17, 15) is 14.4 Å². The molecule has 0 aliphatic rings. The summed E-state index contributed by atoms with van der Waals surface area (Å²) >= 11 is 0. The molecule has 0 saturated heterocycles. The molecule has 3 N–H and O–H groups in total. The lowest BCUT2D eigenvalue weighted by Gasteiger charge is -2.24. The molecule has 8 nitrogen and oxygen atoms in total. The predicted molar refractivity (Wildman–Crippen MR) is 118 cm³/mol. The van der Waals surface area contributed by atoms with E-state index in [1.807, 2.05) is 33.8 Å². The number of hydrogen-bond acceptors (Lipinski definition) is 5. The summed E-state index contributed by atoms with van der Waals surface area (Å²) in [6, 6.07) is -1.55. The number of carbonyl (C=O) groups is 3. The second-order valence-corrected chi connectivity index (χ2v) is 7.43. The molecule has 0 aromatic carbocycles. The summed E-state index contributed by atoms with van der Waals surface area (Å²) in [5, 5.41) is 8.07. The Morgan fingerprint density at radius 2 is 1.63 bits per heavy atom. The number of carbonyl (C=O) groups excluding carboxylic acids is 3. The Kier molecular flexibility index (Phi) is 14.1. The van der Waals surface area contributed by atoms with Gasteiger partial charge in [-0.1, -0.05) is 32.1 Å². The summed E-state index contributed by atoms with van der Waals surface area (Å²) in [4.78, 5) is 37.1. The smallest absolute Gasteiger partial charge is 0.246 e. The highest BCUT2D eigenvalue weighted by molar-refractivity contribution is 5.92. The standard InChI is InChI=1S/C22H37N3O5/c1-8-18(10-9-15(2)3)24-21(27)17(6)23-22(28)20(16(4)5)25-19(26)11-12-30-14-13-29-7/h8-10,16-17,20H,1,11-14H2,2-7H3,(H,23,28)(H,24,27)(H,25,26)/b18-10+. The van der Waals surface area contributed by atoms with Gasteiger partial charge in [-0.2, -0.15) is 0 Å². The van der Waals surface area contributed by atoms with Crippen molar-refractivity contribution in [2.24, 2.45) is 5.92 Å². The first kappa shape index (κ1) is 27.5. The molecule has 0 rings (SSSR count). The van der Waals surface area contributed by atoms with Gasteiger partial charge >= 0.3 is 0 Å². The van der Waals surface area contributed by atoms with Crippen LogP contribution in [-0.2, 0) is 23.9 Å². The zero-order chi connectivity index (χ0) is 23.1. The quantitative estimate of drug-likeness (QED) is 0.292. The lowest BCUT2D eigenvalue weighted by atomic mass is 10.0. The van der Waals surface area contributed by atoms with Crippen LogP contribution in [-0.4, -0.2) is 56.7 Å².